The number of imidazole rings is 1. The summed E-state index contributed by atoms with van der Waals surface area (Å²) in [4.78, 5) is 9.30. The zero-order valence-electron chi connectivity index (χ0n) is 31.0. The molecule has 0 amide bonds. The summed E-state index contributed by atoms with van der Waals surface area (Å²) in [5, 5.41) is 2.34. The van der Waals surface area contributed by atoms with Crippen LogP contribution in [0.25, 0.3) is 44.6 Å². The van der Waals surface area contributed by atoms with Gasteiger partial charge in [-0.2, -0.15) is 6.07 Å². The Bertz CT molecular complexity index is 2870. The fourth-order valence-electron chi connectivity index (χ4n) is 8.18. The Morgan fingerprint density at radius 3 is 2.05 bits per heavy atom. The molecular formula is C49H36N5OPt-3. The number of aryl methyl sites for hydroxylation is 3. The van der Waals surface area contributed by atoms with Gasteiger partial charge in [-0.3, -0.25) is 4.98 Å². The van der Waals surface area contributed by atoms with E-state index in [0.717, 1.165) is 56.2 Å². The molecule has 9 aromatic rings. The Hall–Kier alpha value is -6.36. The third-order valence-electron chi connectivity index (χ3n) is 10.3. The van der Waals surface area contributed by atoms with Crippen LogP contribution in [-0.4, -0.2) is 14.1 Å². The second-order valence-electron chi connectivity index (χ2n) is 14.0. The molecule has 3 heterocycles. The number of anilines is 4. The number of fused-ring (bicyclic) bond motifs is 4. The van der Waals surface area contributed by atoms with Crippen molar-refractivity contribution in [2.45, 2.75) is 20.8 Å². The van der Waals surface area contributed by atoms with Crippen molar-refractivity contribution in [1.82, 2.24) is 14.1 Å². The van der Waals surface area contributed by atoms with E-state index in [1.807, 2.05) is 42.7 Å². The van der Waals surface area contributed by atoms with Crippen molar-refractivity contribution in [2.24, 2.45) is 0 Å². The van der Waals surface area contributed by atoms with Crippen LogP contribution in [0.4, 0.5) is 22.7 Å². The maximum absolute atomic E-state index is 6.49. The van der Waals surface area contributed by atoms with E-state index in [1.54, 1.807) is 0 Å². The van der Waals surface area contributed by atoms with Gasteiger partial charge in [-0.1, -0.05) is 78.4 Å². The van der Waals surface area contributed by atoms with Gasteiger partial charge in [0.1, 0.15) is 0 Å². The third kappa shape index (κ3) is 5.98. The molecule has 0 bridgehead atoms. The number of hydrogen-bond donors (Lipinski definition) is 0. The summed E-state index contributed by atoms with van der Waals surface area (Å²) in [6.45, 7) is 8.65. The summed E-state index contributed by atoms with van der Waals surface area (Å²) in [5.41, 5.74) is 13.3. The van der Waals surface area contributed by atoms with E-state index in [4.69, 9.17) is 9.72 Å². The van der Waals surface area contributed by atoms with E-state index in [2.05, 4.69) is 174 Å². The van der Waals surface area contributed by atoms with Crippen LogP contribution in [0.2, 0.25) is 0 Å². The van der Waals surface area contributed by atoms with Crippen LogP contribution in [0.15, 0.2) is 158 Å². The first kappa shape index (κ1) is 35.3. The van der Waals surface area contributed by atoms with E-state index < -0.39 is 0 Å². The molecule has 1 aliphatic rings. The molecule has 6 nitrogen and oxygen atoms in total. The predicted molar refractivity (Wildman–Crippen MR) is 223 cm³/mol. The van der Waals surface area contributed by atoms with Gasteiger partial charge in [0.15, 0.2) is 0 Å². The van der Waals surface area contributed by atoms with E-state index in [1.165, 1.54) is 27.8 Å². The van der Waals surface area contributed by atoms with Crippen LogP contribution in [0, 0.1) is 39.6 Å². The predicted octanol–water partition coefficient (Wildman–Crippen LogP) is 12.4. The minimum absolute atomic E-state index is 0. The summed E-state index contributed by atoms with van der Waals surface area (Å²) in [6.07, 6.45) is 3.86. The summed E-state index contributed by atoms with van der Waals surface area (Å²) < 4.78 is 11.0. The maximum atomic E-state index is 6.49. The van der Waals surface area contributed by atoms with Crippen molar-refractivity contribution >= 4 is 44.6 Å². The molecule has 0 fully saturated rings. The van der Waals surface area contributed by atoms with Gasteiger partial charge >= 0.3 is 0 Å². The molecule has 0 N–H and O–H groups in total. The van der Waals surface area contributed by atoms with Crippen molar-refractivity contribution in [3.8, 4) is 34.3 Å². The van der Waals surface area contributed by atoms with Gasteiger partial charge in [-0.15, -0.1) is 54.3 Å². The Morgan fingerprint density at radius 2 is 1.25 bits per heavy atom. The van der Waals surface area contributed by atoms with Gasteiger partial charge in [0.05, 0.1) is 16.9 Å². The summed E-state index contributed by atoms with van der Waals surface area (Å²) in [7, 11) is 0. The van der Waals surface area contributed by atoms with Gasteiger partial charge in [-0.05, 0) is 74.4 Å². The molecule has 10 rings (SSSR count). The minimum atomic E-state index is 0. The standard InChI is InChI=1S/C49H36N5O.Pt/c1-33-28-34(2)48(35(3)29-33)53-32-52(43-22-9-10-23-44(43)53)38-17-12-19-40(31-38)55-39-18-11-14-36(30-39)49-50-26-27-51(49)45-24-13-25-46-47(45)41-20-7-8-21-42(41)54(46)37-15-5-4-6-16-37;/h4-29,32H,1-3H3;/q-3;. The molecule has 1 aliphatic heterocycles. The molecular weight excluding hydrogens is 870 g/mol. The van der Waals surface area contributed by atoms with E-state index in [9.17, 15) is 0 Å². The van der Waals surface area contributed by atoms with Crippen LogP contribution >= 0.6 is 0 Å². The first-order chi connectivity index (χ1) is 27.0. The number of nitrogens with zero attached hydrogens (tertiary/aromatic N) is 5. The van der Waals surface area contributed by atoms with Crippen molar-refractivity contribution in [3.63, 3.8) is 0 Å². The Morgan fingerprint density at radius 1 is 0.607 bits per heavy atom. The van der Waals surface area contributed by atoms with E-state index >= 15 is 0 Å². The van der Waals surface area contributed by atoms with E-state index in [-0.39, 0.29) is 21.1 Å². The molecule has 0 saturated heterocycles. The average molecular weight is 906 g/mol. The van der Waals surface area contributed by atoms with Crippen LogP contribution < -0.4 is 14.5 Å². The zero-order chi connectivity index (χ0) is 37.0. The maximum Gasteiger partial charge on any atom is 0.0604 e. The monoisotopic (exact) mass is 905 g/mol. The fraction of sp³-hybridized carbons (Fsp3) is 0.0612. The Kier molecular flexibility index (Phi) is 9.07. The van der Waals surface area contributed by atoms with Crippen molar-refractivity contribution < 1.29 is 25.8 Å². The molecule has 0 unspecified atom stereocenters. The topological polar surface area (TPSA) is 38.5 Å². The zero-order valence-corrected chi connectivity index (χ0v) is 33.3. The quantitative estimate of drug-likeness (QED) is 0.149. The molecule has 0 atom stereocenters. The van der Waals surface area contributed by atoms with Crippen molar-refractivity contribution in [3.05, 3.63) is 193 Å². The molecule has 7 heteroatoms. The first-order valence-electron chi connectivity index (χ1n) is 18.5. The largest absolute Gasteiger partial charge is 0.503 e. The summed E-state index contributed by atoms with van der Waals surface area (Å²) >= 11 is 0. The van der Waals surface area contributed by atoms with Crippen molar-refractivity contribution in [2.75, 3.05) is 9.80 Å². The molecule has 0 saturated carbocycles. The molecule has 276 valence electrons. The molecule has 0 radical (unpaired) electrons. The summed E-state index contributed by atoms with van der Waals surface area (Å²) in [6, 6.07) is 57.5. The molecule has 0 spiro atoms. The molecule has 56 heavy (non-hydrogen) atoms. The number of aromatic nitrogens is 3. The van der Waals surface area contributed by atoms with Crippen LogP contribution in [-0.2, 0) is 21.1 Å². The normalized spacial score (nSPS) is 12.3. The molecule has 7 aromatic carbocycles. The van der Waals surface area contributed by atoms with Crippen molar-refractivity contribution in [1.29, 1.82) is 0 Å². The fourth-order valence-corrected chi connectivity index (χ4v) is 8.18. The second kappa shape index (κ2) is 14.4. The smallest absolute Gasteiger partial charge is 0.0604 e. The Balaban J connectivity index is 0.00000410. The first-order valence-corrected chi connectivity index (χ1v) is 18.5. The number of ether oxygens (including phenoxy) is 1. The van der Waals surface area contributed by atoms with Crippen LogP contribution in [0.5, 0.6) is 11.5 Å². The molecule has 0 aliphatic carbocycles. The van der Waals surface area contributed by atoms with Gasteiger partial charge in [0, 0.05) is 84.2 Å². The van der Waals surface area contributed by atoms with Crippen LogP contribution in [0.1, 0.15) is 16.7 Å². The van der Waals surface area contributed by atoms with E-state index in [0.29, 0.717) is 11.5 Å². The minimum Gasteiger partial charge on any atom is -0.503 e. The van der Waals surface area contributed by atoms with Gasteiger partial charge in [0.25, 0.3) is 0 Å². The number of rotatable bonds is 7. The van der Waals surface area contributed by atoms with Crippen LogP contribution in [0.3, 0.4) is 0 Å². The number of benzene rings is 7. The van der Waals surface area contributed by atoms with Gasteiger partial charge in [-0.25, -0.2) is 0 Å². The number of hydrogen-bond acceptors (Lipinski definition) is 4. The third-order valence-corrected chi connectivity index (χ3v) is 10.3. The second-order valence-corrected chi connectivity index (χ2v) is 14.0. The van der Waals surface area contributed by atoms with Gasteiger partial charge < -0.3 is 23.7 Å². The Labute approximate surface area is 341 Å². The summed E-state index contributed by atoms with van der Waals surface area (Å²) in [5.74, 6) is 1.95. The van der Waals surface area contributed by atoms with Gasteiger partial charge in [0.2, 0.25) is 0 Å². The SMILES string of the molecule is Cc1cc(C)c(N2[CH-]N(c3[c-]c(Oc4[c-]c(-c5nccn5-c5cccc6c5c5ccccc5n6-c5ccccc5)ccc4)ccc3)c3ccccc32)c(C)c1.[Pt]. The average Bonchev–Trinajstić information content (AvgIpc) is 3.93. The number of para-hydroxylation sites is 4. The molecule has 2 aromatic heterocycles.